The molecule has 0 saturated carbocycles. The monoisotopic (exact) mass is 287 g/mol. The molecule has 0 aliphatic rings. The zero-order valence-corrected chi connectivity index (χ0v) is 9.28. The van der Waals surface area contributed by atoms with Crippen LogP contribution in [0.3, 0.4) is 0 Å². The number of hydrogen-bond donors (Lipinski definition) is 2. The van der Waals surface area contributed by atoms with Crippen molar-refractivity contribution in [1.29, 1.82) is 0 Å². The molecular weight excluding hydrogens is 281 g/mol. The normalized spacial score (nSPS) is 12.5. The fourth-order valence-electron chi connectivity index (χ4n) is 0.999. The van der Waals surface area contributed by atoms with Crippen molar-refractivity contribution >= 4 is 23.4 Å². The lowest BCUT2D eigenvalue weighted by Crippen LogP contribution is -2.23. The smallest absolute Gasteiger partial charge is 0.416 e. The summed E-state index contributed by atoms with van der Waals surface area (Å²) in [6.07, 6.45) is -4.65. The number of thioether (sulfide) groups is 1. The second kappa shape index (κ2) is 4.63. The minimum absolute atomic E-state index is 0.425. The van der Waals surface area contributed by atoms with E-state index in [1.165, 1.54) is 0 Å². The van der Waals surface area contributed by atoms with Gasteiger partial charge in [0.05, 0.1) is 5.56 Å². The summed E-state index contributed by atoms with van der Waals surface area (Å²) in [6, 6.07) is 1.73. The van der Waals surface area contributed by atoms with Gasteiger partial charge in [0.1, 0.15) is 0 Å². The second-order valence-corrected chi connectivity index (χ2v) is 4.33. The van der Waals surface area contributed by atoms with Crippen molar-refractivity contribution in [2.24, 2.45) is 0 Å². The number of carboxylic acid groups (broad SMARTS) is 1. The Morgan fingerprint density at radius 2 is 1.78 bits per heavy atom. The fourth-order valence-corrected chi connectivity index (χ4v) is 1.68. The van der Waals surface area contributed by atoms with E-state index < -0.39 is 45.3 Å². The summed E-state index contributed by atoms with van der Waals surface area (Å²) in [7, 11) is 0. The second-order valence-electron chi connectivity index (χ2n) is 3.17. The molecule has 0 fully saturated rings. The Hall–Kier alpha value is -1.51. The number of anilines is 1. The van der Waals surface area contributed by atoms with Gasteiger partial charge in [0.15, 0.2) is 0 Å². The summed E-state index contributed by atoms with van der Waals surface area (Å²) in [4.78, 5) is 9.74. The number of nitrogens with two attached hydrogens (primary N) is 1. The highest BCUT2D eigenvalue weighted by molar-refractivity contribution is 8.01. The maximum atomic E-state index is 12.8. The molecule has 0 radical (unpaired) electrons. The number of benzene rings is 1. The molecule has 0 unspecified atom stereocenters. The molecule has 0 heterocycles. The van der Waals surface area contributed by atoms with Crippen molar-refractivity contribution in [3.63, 3.8) is 0 Å². The Balaban J connectivity index is 3.04. The van der Waals surface area contributed by atoms with Crippen molar-refractivity contribution in [1.82, 2.24) is 0 Å². The average molecular weight is 287 g/mol. The number of alkyl halides is 5. The molecule has 0 atom stereocenters. The molecule has 0 bridgehead atoms. The van der Waals surface area contributed by atoms with E-state index >= 15 is 0 Å². The Kier molecular flexibility index (Phi) is 3.75. The molecular formula is C9H6F5NO2S. The van der Waals surface area contributed by atoms with E-state index in [4.69, 9.17) is 10.8 Å². The van der Waals surface area contributed by atoms with Crippen LogP contribution in [0, 0.1) is 0 Å². The first kappa shape index (κ1) is 14.6. The minimum Gasteiger partial charge on any atom is -0.476 e. The van der Waals surface area contributed by atoms with Gasteiger partial charge in [-0.3, -0.25) is 0 Å². The molecule has 3 N–H and O–H groups in total. The molecule has 9 heteroatoms. The van der Waals surface area contributed by atoms with Crippen molar-refractivity contribution in [2.45, 2.75) is 16.3 Å². The molecule has 0 amide bonds. The van der Waals surface area contributed by atoms with Crippen LogP contribution in [-0.2, 0) is 11.0 Å². The third kappa shape index (κ3) is 3.25. The van der Waals surface area contributed by atoms with Gasteiger partial charge >= 0.3 is 17.4 Å². The number of nitrogen functional groups attached to an aromatic ring is 1. The van der Waals surface area contributed by atoms with E-state index in [1.807, 2.05) is 0 Å². The standard InChI is InChI=1S/C9H6F5NO2S/c10-8(11,12)4-1-2-6(5(15)3-4)18-9(13,14)7(16)17/h1-3H,15H2,(H,16,17). The highest BCUT2D eigenvalue weighted by atomic mass is 32.2. The predicted molar refractivity (Wildman–Crippen MR) is 54.3 cm³/mol. The largest absolute Gasteiger partial charge is 0.476 e. The van der Waals surface area contributed by atoms with Crippen LogP contribution in [0.1, 0.15) is 5.56 Å². The first-order valence-corrected chi connectivity index (χ1v) is 5.12. The molecule has 1 aromatic rings. The summed E-state index contributed by atoms with van der Waals surface area (Å²) >= 11 is -0.425. The van der Waals surface area contributed by atoms with Crippen LogP contribution in [0.4, 0.5) is 27.6 Å². The van der Waals surface area contributed by atoms with Crippen molar-refractivity contribution in [3.05, 3.63) is 23.8 Å². The molecule has 18 heavy (non-hydrogen) atoms. The van der Waals surface area contributed by atoms with Crippen molar-refractivity contribution in [2.75, 3.05) is 5.73 Å². The van der Waals surface area contributed by atoms with Gasteiger partial charge in [-0.1, -0.05) is 0 Å². The van der Waals surface area contributed by atoms with Crippen LogP contribution in [0.5, 0.6) is 0 Å². The molecule has 0 saturated heterocycles. The molecule has 100 valence electrons. The van der Waals surface area contributed by atoms with E-state index in [0.717, 1.165) is 0 Å². The van der Waals surface area contributed by atoms with Crippen LogP contribution < -0.4 is 5.73 Å². The van der Waals surface area contributed by atoms with E-state index in [1.54, 1.807) is 0 Å². The topological polar surface area (TPSA) is 63.3 Å². The van der Waals surface area contributed by atoms with Crippen LogP contribution in [0.2, 0.25) is 0 Å². The average Bonchev–Trinajstić information content (AvgIpc) is 2.19. The van der Waals surface area contributed by atoms with Gasteiger partial charge in [-0.05, 0) is 30.0 Å². The van der Waals surface area contributed by atoms with E-state index in [-0.39, 0.29) is 0 Å². The quantitative estimate of drug-likeness (QED) is 0.509. The summed E-state index contributed by atoms with van der Waals surface area (Å²) < 4.78 is 62.4. The summed E-state index contributed by atoms with van der Waals surface area (Å²) in [5, 5.41) is 4.03. The van der Waals surface area contributed by atoms with E-state index in [0.29, 0.717) is 18.2 Å². The number of aliphatic carboxylic acids is 1. The van der Waals surface area contributed by atoms with Crippen molar-refractivity contribution in [3.8, 4) is 0 Å². The number of carbonyl (C=O) groups is 1. The lowest BCUT2D eigenvalue weighted by atomic mass is 10.2. The zero-order valence-electron chi connectivity index (χ0n) is 8.46. The van der Waals surface area contributed by atoms with Gasteiger partial charge in [0, 0.05) is 10.6 Å². The van der Waals surface area contributed by atoms with Gasteiger partial charge < -0.3 is 10.8 Å². The fraction of sp³-hybridized carbons (Fsp3) is 0.222. The summed E-state index contributed by atoms with van der Waals surface area (Å²) in [6.45, 7) is 0. The molecule has 0 aliphatic heterocycles. The van der Waals surface area contributed by atoms with E-state index in [2.05, 4.69) is 0 Å². The molecule has 3 nitrogen and oxygen atoms in total. The van der Waals surface area contributed by atoms with Crippen LogP contribution >= 0.6 is 11.8 Å². The zero-order chi connectivity index (χ0) is 14.1. The Bertz CT molecular complexity index is 475. The summed E-state index contributed by atoms with van der Waals surface area (Å²) in [5.41, 5.74) is 3.52. The molecule has 0 aromatic heterocycles. The number of carboxylic acids is 1. The molecule has 0 aliphatic carbocycles. The third-order valence-corrected chi connectivity index (χ3v) is 2.85. The Labute approximate surface area is 102 Å². The van der Waals surface area contributed by atoms with Crippen LogP contribution in [0.25, 0.3) is 0 Å². The SMILES string of the molecule is Nc1cc(C(F)(F)F)ccc1SC(F)(F)C(=O)O. The number of hydrogen-bond acceptors (Lipinski definition) is 3. The lowest BCUT2D eigenvalue weighted by Gasteiger charge is -2.13. The van der Waals surface area contributed by atoms with Crippen molar-refractivity contribution < 1.29 is 31.9 Å². The maximum absolute atomic E-state index is 12.8. The van der Waals surface area contributed by atoms with Gasteiger partial charge in [-0.25, -0.2) is 4.79 Å². The summed E-state index contributed by atoms with van der Waals surface area (Å²) in [5.74, 6) is -2.40. The molecule has 1 aromatic carbocycles. The third-order valence-electron chi connectivity index (χ3n) is 1.82. The van der Waals surface area contributed by atoms with E-state index in [9.17, 15) is 26.7 Å². The predicted octanol–water partition coefficient (Wildman–Crippen LogP) is 3.06. The van der Waals surface area contributed by atoms with Gasteiger partial charge in [0.2, 0.25) is 0 Å². The first-order valence-electron chi connectivity index (χ1n) is 4.31. The highest BCUT2D eigenvalue weighted by Gasteiger charge is 2.41. The Morgan fingerprint density at radius 1 is 1.22 bits per heavy atom. The van der Waals surface area contributed by atoms with Crippen LogP contribution in [0.15, 0.2) is 23.1 Å². The lowest BCUT2D eigenvalue weighted by molar-refractivity contribution is -0.152. The van der Waals surface area contributed by atoms with Gasteiger partial charge in [-0.15, -0.1) is 0 Å². The maximum Gasteiger partial charge on any atom is 0.416 e. The molecule has 0 spiro atoms. The van der Waals surface area contributed by atoms with Gasteiger partial charge in [-0.2, -0.15) is 22.0 Å². The van der Waals surface area contributed by atoms with Gasteiger partial charge in [0.25, 0.3) is 0 Å². The first-order chi connectivity index (χ1) is 8.04. The number of rotatable bonds is 3. The Morgan fingerprint density at radius 3 is 2.17 bits per heavy atom. The highest BCUT2D eigenvalue weighted by Crippen LogP contribution is 2.40. The molecule has 1 rings (SSSR count). The minimum atomic E-state index is -4.65. The number of halogens is 5. The van der Waals surface area contributed by atoms with Crippen LogP contribution in [-0.4, -0.2) is 16.3 Å².